The molecule has 0 bridgehead atoms. The van der Waals surface area contributed by atoms with Crippen LogP contribution < -0.4 is 21.7 Å². The maximum Gasteiger partial charge on any atom is 0.326 e. The minimum absolute atomic E-state index is 0.116. The van der Waals surface area contributed by atoms with Crippen LogP contribution in [0.2, 0.25) is 0 Å². The Bertz CT molecular complexity index is 679. The van der Waals surface area contributed by atoms with Crippen LogP contribution >= 0.6 is 23.5 Å². The highest BCUT2D eigenvalue weighted by molar-refractivity contribution is 7.98. The average Bonchev–Trinajstić information content (AvgIpc) is 2.71. The number of thioether (sulfide) groups is 2. The summed E-state index contributed by atoms with van der Waals surface area (Å²) < 4.78 is 0. The SMILES string of the molecule is CSCCC(NC(=O)C(CCSC)NC(=O)C(CC(=O)O)NC(=O)C(N)CC(C)C)C(=O)O. The Kier molecular flexibility index (Phi) is 15.6. The molecule has 13 heteroatoms. The van der Waals surface area contributed by atoms with Gasteiger partial charge >= 0.3 is 11.9 Å². The molecule has 0 fully saturated rings. The molecule has 3 amide bonds. The largest absolute Gasteiger partial charge is 0.481 e. The molecule has 0 spiro atoms. The minimum atomic E-state index is -1.44. The van der Waals surface area contributed by atoms with Gasteiger partial charge in [0.2, 0.25) is 17.7 Å². The molecule has 4 atom stereocenters. The zero-order valence-electron chi connectivity index (χ0n) is 19.5. The van der Waals surface area contributed by atoms with Crippen molar-refractivity contribution in [3.8, 4) is 0 Å². The van der Waals surface area contributed by atoms with Crippen molar-refractivity contribution in [3.05, 3.63) is 0 Å². The first kappa shape index (κ1) is 31.0. The van der Waals surface area contributed by atoms with Gasteiger partial charge in [-0.25, -0.2) is 4.79 Å². The van der Waals surface area contributed by atoms with E-state index in [0.29, 0.717) is 17.9 Å². The minimum Gasteiger partial charge on any atom is -0.481 e. The van der Waals surface area contributed by atoms with Gasteiger partial charge in [-0.05, 0) is 49.2 Å². The third-order valence-electron chi connectivity index (χ3n) is 4.54. The molecule has 0 aliphatic rings. The third kappa shape index (κ3) is 13.3. The number of hydrogen-bond donors (Lipinski definition) is 6. The van der Waals surface area contributed by atoms with E-state index in [1.54, 1.807) is 6.26 Å². The Morgan fingerprint density at radius 3 is 1.70 bits per heavy atom. The number of aliphatic carboxylic acids is 2. The Morgan fingerprint density at radius 2 is 1.24 bits per heavy atom. The highest BCUT2D eigenvalue weighted by Crippen LogP contribution is 2.07. The van der Waals surface area contributed by atoms with Gasteiger partial charge in [-0.15, -0.1) is 0 Å². The predicted octanol–water partition coefficient (Wildman–Crippen LogP) is -0.120. The van der Waals surface area contributed by atoms with Crippen LogP contribution in [0.5, 0.6) is 0 Å². The summed E-state index contributed by atoms with van der Waals surface area (Å²) in [7, 11) is 0. The fourth-order valence-corrected chi connectivity index (χ4v) is 3.76. The number of carboxylic acids is 2. The van der Waals surface area contributed by atoms with Crippen molar-refractivity contribution in [1.29, 1.82) is 0 Å². The van der Waals surface area contributed by atoms with Crippen molar-refractivity contribution in [2.45, 2.75) is 63.7 Å². The first-order valence-electron chi connectivity index (χ1n) is 10.5. The van der Waals surface area contributed by atoms with Crippen LogP contribution in [0.1, 0.15) is 39.5 Å². The summed E-state index contributed by atoms with van der Waals surface area (Å²) in [6.07, 6.45) is 3.66. The number of amides is 3. The second-order valence-electron chi connectivity index (χ2n) is 7.92. The van der Waals surface area contributed by atoms with Gasteiger partial charge in [-0.1, -0.05) is 13.8 Å². The summed E-state index contributed by atoms with van der Waals surface area (Å²) in [6, 6.07) is -4.58. The standard InChI is InChI=1S/C20H36N4O7S2/c1-11(2)9-12(21)17(27)24-15(10-16(25)26)19(29)22-13(5-7-32-3)18(28)23-14(20(30)31)6-8-33-4/h11-15H,5-10,21H2,1-4H3,(H,22,29)(H,23,28)(H,24,27)(H,25,26)(H,30,31). The normalized spacial score (nSPS) is 14.6. The maximum absolute atomic E-state index is 12.8. The summed E-state index contributed by atoms with van der Waals surface area (Å²) in [5.74, 6) is -3.62. The lowest BCUT2D eigenvalue weighted by molar-refractivity contribution is -0.143. The van der Waals surface area contributed by atoms with Crippen LogP contribution in [0.3, 0.4) is 0 Å². The quantitative estimate of drug-likeness (QED) is 0.154. The van der Waals surface area contributed by atoms with Crippen molar-refractivity contribution < 1.29 is 34.2 Å². The number of carbonyl (C=O) groups is 5. The number of rotatable bonds is 17. The Morgan fingerprint density at radius 1 is 0.788 bits per heavy atom. The summed E-state index contributed by atoms with van der Waals surface area (Å²) in [5, 5.41) is 25.8. The second-order valence-corrected chi connectivity index (χ2v) is 9.89. The molecule has 33 heavy (non-hydrogen) atoms. The van der Waals surface area contributed by atoms with Gasteiger partial charge in [-0.3, -0.25) is 19.2 Å². The molecule has 0 saturated heterocycles. The van der Waals surface area contributed by atoms with E-state index in [4.69, 9.17) is 10.8 Å². The molecule has 0 aromatic heterocycles. The zero-order chi connectivity index (χ0) is 25.6. The number of hydrogen-bond acceptors (Lipinski definition) is 8. The summed E-state index contributed by atoms with van der Waals surface area (Å²) in [4.78, 5) is 60.5. The molecule has 190 valence electrons. The predicted molar refractivity (Wildman–Crippen MR) is 129 cm³/mol. The lowest BCUT2D eigenvalue weighted by atomic mass is 10.0. The molecule has 0 aromatic rings. The molecule has 0 saturated carbocycles. The summed E-state index contributed by atoms with van der Waals surface area (Å²) >= 11 is 2.86. The van der Waals surface area contributed by atoms with Crippen LogP contribution in [0.4, 0.5) is 0 Å². The van der Waals surface area contributed by atoms with Gasteiger partial charge in [-0.2, -0.15) is 23.5 Å². The lowest BCUT2D eigenvalue weighted by Crippen LogP contribution is -2.57. The van der Waals surface area contributed by atoms with Gasteiger partial charge in [0.15, 0.2) is 0 Å². The molecule has 0 aliphatic heterocycles. The van der Waals surface area contributed by atoms with Gasteiger partial charge in [0.1, 0.15) is 18.1 Å². The van der Waals surface area contributed by atoms with Gasteiger partial charge in [0.05, 0.1) is 12.5 Å². The first-order chi connectivity index (χ1) is 15.4. The van der Waals surface area contributed by atoms with E-state index < -0.39 is 60.2 Å². The highest BCUT2D eigenvalue weighted by Gasteiger charge is 2.31. The van der Waals surface area contributed by atoms with Crippen molar-refractivity contribution in [3.63, 3.8) is 0 Å². The van der Waals surface area contributed by atoms with Crippen LogP contribution in [0.25, 0.3) is 0 Å². The maximum atomic E-state index is 12.8. The van der Waals surface area contributed by atoms with E-state index in [-0.39, 0.29) is 18.8 Å². The second kappa shape index (κ2) is 16.6. The summed E-state index contributed by atoms with van der Waals surface area (Å²) in [6.45, 7) is 3.74. The Hall–Kier alpha value is -1.99. The molecule has 0 aliphatic carbocycles. The molecule has 0 rings (SSSR count). The number of nitrogens with one attached hydrogen (secondary N) is 3. The van der Waals surface area contributed by atoms with Gasteiger partial charge < -0.3 is 31.9 Å². The first-order valence-corrected chi connectivity index (χ1v) is 13.3. The molecular formula is C20H36N4O7S2. The van der Waals surface area contributed by atoms with Crippen LogP contribution in [0, 0.1) is 5.92 Å². The molecular weight excluding hydrogens is 472 g/mol. The average molecular weight is 509 g/mol. The monoisotopic (exact) mass is 508 g/mol. The Labute approximate surface area is 202 Å². The highest BCUT2D eigenvalue weighted by atomic mass is 32.2. The van der Waals surface area contributed by atoms with Crippen molar-refractivity contribution in [1.82, 2.24) is 16.0 Å². The van der Waals surface area contributed by atoms with Crippen LogP contribution in [-0.2, 0) is 24.0 Å². The molecule has 11 nitrogen and oxygen atoms in total. The molecule has 4 unspecified atom stereocenters. The van der Waals surface area contributed by atoms with Crippen LogP contribution in [-0.4, -0.2) is 88.1 Å². The summed E-state index contributed by atoms with van der Waals surface area (Å²) in [5.41, 5.74) is 5.82. The number of carboxylic acid groups (broad SMARTS) is 2. The number of nitrogens with two attached hydrogens (primary N) is 1. The molecule has 7 N–H and O–H groups in total. The molecule has 0 radical (unpaired) electrons. The third-order valence-corrected chi connectivity index (χ3v) is 5.83. The Balaban J connectivity index is 5.43. The van der Waals surface area contributed by atoms with E-state index in [1.165, 1.54) is 23.5 Å². The zero-order valence-corrected chi connectivity index (χ0v) is 21.1. The van der Waals surface area contributed by atoms with E-state index >= 15 is 0 Å². The number of carbonyl (C=O) groups excluding carboxylic acids is 3. The smallest absolute Gasteiger partial charge is 0.326 e. The lowest BCUT2D eigenvalue weighted by Gasteiger charge is -2.24. The fourth-order valence-electron chi connectivity index (χ4n) is 2.82. The van der Waals surface area contributed by atoms with Gasteiger partial charge in [0.25, 0.3) is 0 Å². The van der Waals surface area contributed by atoms with E-state index in [9.17, 15) is 29.1 Å². The van der Waals surface area contributed by atoms with Crippen molar-refractivity contribution >= 4 is 53.2 Å². The topological polar surface area (TPSA) is 188 Å². The van der Waals surface area contributed by atoms with Crippen molar-refractivity contribution in [2.75, 3.05) is 24.0 Å². The fraction of sp³-hybridized carbons (Fsp3) is 0.750. The van der Waals surface area contributed by atoms with E-state index in [2.05, 4.69) is 16.0 Å². The molecule has 0 heterocycles. The molecule has 0 aromatic carbocycles. The van der Waals surface area contributed by atoms with E-state index in [1.807, 2.05) is 20.1 Å². The van der Waals surface area contributed by atoms with E-state index in [0.717, 1.165) is 0 Å². The van der Waals surface area contributed by atoms with Crippen molar-refractivity contribution in [2.24, 2.45) is 11.7 Å². The van der Waals surface area contributed by atoms with Crippen LogP contribution in [0.15, 0.2) is 0 Å². The van der Waals surface area contributed by atoms with Gasteiger partial charge in [0, 0.05) is 0 Å².